The first kappa shape index (κ1) is 20.1. The van der Waals surface area contributed by atoms with Crippen molar-refractivity contribution in [2.75, 3.05) is 0 Å². The largest absolute Gasteiger partial charge is 0.456 e. The van der Waals surface area contributed by atoms with Crippen molar-refractivity contribution in [2.24, 2.45) is 0 Å². The van der Waals surface area contributed by atoms with E-state index in [1.54, 1.807) is 36.4 Å². The molecule has 0 spiro atoms. The summed E-state index contributed by atoms with van der Waals surface area (Å²) in [5.74, 6) is 0.231. The van der Waals surface area contributed by atoms with Gasteiger partial charge in [0.15, 0.2) is 0 Å². The zero-order chi connectivity index (χ0) is 20.8. The summed E-state index contributed by atoms with van der Waals surface area (Å²) in [4.78, 5) is 5.49. The fourth-order valence-electron chi connectivity index (χ4n) is 2.79. The third-order valence-corrected chi connectivity index (χ3v) is 6.76. The third-order valence-electron chi connectivity index (χ3n) is 4.20. The summed E-state index contributed by atoms with van der Waals surface area (Å²) in [6.07, 6.45) is 0. The van der Waals surface area contributed by atoms with Crippen LogP contribution in [0.15, 0.2) is 117 Å². The lowest BCUT2D eigenvalue weighted by Crippen LogP contribution is -1.91. The van der Waals surface area contributed by atoms with Crippen LogP contribution >= 0.6 is 23.5 Å². The van der Waals surface area contributed by atoms with E-state index in [9.17, 15) is 4.39 Å². The molecule has 0 saturated heterocycles. The van der Waals surface area contributed by atoms with Crippen LogP contribution in [0.1, 0.15) is 5.56 Å². The van der Waals surface area contributed by atoms with Gasteiger partial charge in [-0.15, -0.1) is 0 Å². The molecule has 0 N–H and O–H groups in total. The van der Waals surface area contributed by atoms with E-state index >= 15 is 0 Å². The minimum Gasteiger partial charge on any atom is -0.456 e. The molecule has 4 aromatic carbocycles. The smallest absolute Gasteiger partial charge is 0.148 e. The molecule has 0 saturated carbocycles. The topological polar surface area (TPSA) is 33.0 Å². The number of hydrogen-bond donors (Lipinski definition) is 0. The highest BCUT2D eigenvalue weighted by Crippen LogP contribution is 2.47. The normalized spacial score (nSPS) is 11.2. The second-order valence-electron chi connectivity index (χ2n) is 6.24. The van der Waals surface area contributed by atoms with E-state index in [0.29, 0.717) is 5.75 Å². The average molecular weight is 430 g/mol. The summed E-state index contributed by atoms with van der Waals surface area (Å²) < 4.78 is 18.7. The maximum atomic E-state index is 13.3. The molecular weight excluding hydrogens is 413 g/mol. The molecule has 0 amide bonds. The van der Waals surface area contributed by atoms with Crippen molar-refractivity contribution in [2.45, 2.75) is 19.6 Å². The lowest BCUT2D eigenvalue weighted by atomic mass is 10.2. The van der Waals surface area contributed by atoms with Gasteiger partial charge in [0, 0.05) is 19.6 Å². The van der Waals surface area contributed by atoms with Gasteiger partial charge < -0.3 is 4.74 Å². The SMILES string of the molecule is N#Cc1c(F)cccc1Oc1ccccc1.c1ccc2c(c1)Sc1ccccc1S2. The Bertz CT molecular complexity index is 1120. The molecule has 146 valence electrons. The van der Waals surface area contributed by atoms with Crippen LogP contribution in [0.5, 0.6) is 11.5 Å². The van der Waals surface area contributed by atoms with Crippen LogP contribution in [0.3, 0.4) is 0 Å². The van der Waals surface area contributed by atoms with E-state index in [2.05, 4.69) is 48.5 Å². The van der Waals surface area contributed by atoms with Gasteiger partial charge in [-0.3, -0.25) is 0 Å². The number of benzene rings is 4. The molecule has 30 heavy (non-hydrogen) atoms. The molecule has 0 bridgehead atoms. The van der Waals surface area contributed by atoms with Crippen LogP contribution in [0.2, 0.25) is 0 Å². The molecule has 5 rings (SSSR count). The summed E-state index contributed by atoms with van der Waals surface area (Å²) in [6.45, 7) is 0. The number of ether oxygens (including phenoxy) is 1. The van der Waals surface area contributed by atoms with E-state index in [4.69, 9.17) is 10.00 Å². The summed E-state index contributed by atoms with van der Waals surface area (Å²) in [6, 6.07) is 32.2. The Balaban J connectivity index is 0.000000146. The molecule has 0 fully saturated rings. The quantitative estimate of drug-likeness (QED) is 0.287. The van der Waals surface area contributed by atoms with Crippen LogP contribution in [-0.4, -0.2) is 0 Å². The van der Waals surface area contributed by atoms with Crippen molar-refractivity contribution in [3.63, 3.8) is 0 Å². The standard InChI is InChI=1S/C13H8FNO.C12H8S2/c14-12-7-4-8-13(11(12)9-15)16-10-5-2-1-3-6-10;1-2-6-10-9(5-1)13-11-7-3-4-8-12(11)14-10/h1-8H;1-8H. The average Bonchev–Trinajstić information content (AvgIpc) is 2.79. The lowest BCUT2D eigenvalue weighted by Gasteiger charge is -2.17. The number of fused-ring (bicyclic) bond motifs is 2. The first-order valence-electron chi connectivity index (χ1n) is 9.20. The second kappa shape index (κ2) is 9.53. The fraction of sp³-hybridized carbons (Fsp3) is 0. The van der Waals surface area contributed by atoms with Crippen LogP contribution in [0, 0.1) is 17.1 Å². The zero-order valence-corrected chi connectivity index (χ0v) is 17.4. The summed E-state index contributed by atoms with van der Waals surface area (Å²) in [5, 5.41) is 8.81. The fourth-order valence-corrected chi connectivity index (χ4v) is 5.02. The maximum Gasteiger partial charge on any atom is 0.148 e. The minimum absolute atomic E-state index is 0.0775. The highest BCUT2D eigenvalue weighted by Gasteiger charge is 2.15. The number of hydrogen-bond acceptors (Lipinski definition) is 4. The molecule has 0 unspecified atom stereocenters. The first-order valence-corrected chi connectivity index (χ1v) is 10.8. The lowest BCUT2D eigenvalue weighted by molar-refractivity contribution is 0.474. The first-order chi connectivity index (χ1) is 14.7. The molecule has 2 nitrogen and oxygen atoms in total. The van der Waals surface area contributed by atoms with Crippen LogP contribution in [0.25, 0.3) is 0 Å². The Labute approximate surface area is 183 Å². The van der Waals surface area contributed by atoms with Crippen LogP contribution in [-0.2, 0) is 0 Å². The number of halogens is 1. The molecule has 1 heterocycles. The Morgan fingerprint density at radius 2 is 1.13 bits per heavy atom. The molecular formula is C25H16FNOS2. The van der Waals surface area contributed by atoms with E-state index in [-0.39, 0.29) is 11.3 Å². The van der Waals surface area contributed by atoms with E-state index < -0.39 is 5.82 Å². The van der Waals surface area contributed by atoms with Gasteiger partial charge in [0.05, 0.1) is 0 Å². The van der Waals surface area contributed by atoms with Gasteiger partial charge in [-0.25, -0.2) is 4.39 Å². The van der Waals surface area contributed by atoms with Crippen molar-refractivity contribution in [3.05, 3.63) is 108 Å². The molecule has 1 aliphatic heterocycles. The van der Waals surface area contributed by atoms with Gasteiger partial charge in [0.2, 0.25) is 0 Å². The van der Waals surface area contributed by atoms with Crippen molar-refractivity contribution in [3.8, 4) is 17.6 Å². The Morgan fingerprint density at radius 1 is 0.633 bits per heavy atom. The Morgan fingerprint density at radius 3 is 1.63 bits per heavy atom. The van der Waals surface area contributed by atoms with E-state index in [1.807, 2.05) is 29.6 Å². The third kappa shape index (κ3) is 4.68. The number of rotatable bonds is 2. The molecule has 4 aromatic rings. The molecule has 5 heteroatoms. The van der Waals surface area contributed by atoms with Gasteiger partial charge in [0.1, 0.15) is 28.9 Å². The van der Waals surface area contributed by atoms with Gasteiger partial charge in [-0.2, -0.15) is 5.26 Å². The van der Waals surface area contributed by atoms with Crippen LogP contribution < -0.4 is 4.74 Å². The van der Waals surface area contributed by atoms with E-state index in [1.165, 1.54) is 31.7 Å². The number of nitrogens with zero attached hydrogens (tertiary/aromatic N) is 1. The van der Waals surface area contributed by atoms with Crippen LogP contribution in [0.4, 0.5) is 4.39 Å². The highest BCUT2D eigenvalue weighted by atomic mass is 32.2. The molecule has 0 radical (unpaired) electrons. The predicted molar refractivity (Wildman–Crippen MR) is 119 cm³/mol. The molecule has 0 aromatic heterocycles. The summed E-state index contributed by atoms with van der Waals surface area (Å²) >= 11 is 3.72. The second-order valence-corrected chi connectivity index (χ2v) is 8.41. The Hall–Kier alpha value is -3.20. The van der Waals surface area contributed by atoms with Gasteiger partial charge in [0.25, 0.3) is 0 Å². The molecule has 0 aliphatic carbocycles. The summed E-state index contributed by atoms with van der Waals surface area (Å²) in [5.41, 5.74) is -0.0775. The zero-order valence-electron chi connectivity index (χ0n) is 15.8. The highest BCUT2D eigenvalue weighted by molar-refractivity contribution is 8.05. The van der Waals surface area contributed by atoms with Gasteiger partial charge >= 0.3 is 0 Å². The van der Waals surface area contributed by atoms with E-state index in [0.717, 1.165) is 0 Å². The number of para-hydroxylation sites is 1. The summed E-state index contributed by atoms with van der Waals surface area (Å²) in [7, 11) is 0. The van der Waals surface area contributed by atoms with Gasteiger partial charge in [-0.05, 0) is 48.5 Å². The van der Waals surface area contributed by atoms with Gasteiger partial charge in [-0.1, -0.05) is 72.1 Å². The minimum atomic E-state index is -0.573. The van der Waals surface area contributed by atoms with Crippen molar-refractivity contribution >= 4 is 23.5 Å². The monoisotopic (exact) mass is 429 g/mol. The predicted octanol–water partition coefficient (Wildman–Crippen LogP) is 7.79. The Kier molecular flexibility index (Phi) is 6.38. The maximum absolute atomic E-state index is 13.3. The molecule has 0 atom stereocenters. The van der Waals surface area contributed by atoms with Crippen molar-refractivity contribution in [1.82, 2.24) is 0 Å². The number of nitriles is 1. The van der Waals surface area contributed by atoms with Crippen molar-refractivity contribution < 1.29 is 9.13 Å². The molecule has 1 aliphatic rings. The van der Waals surface area contributed by atoms with Crippen molar-refractivity contribution in [1.29, 1.82) is 5.26 Å².